The summed E-state index contributed by atoms with van der Waals surface area (Å²) in [7, 11) is 0. The minimum atomic E-state index is -0.149. The Balaban J connectivity index is 2.01. The van der Waals surface area contributed by atoms with Crippen molar-refractivity contribution in [1.82, 2.24) is 0 Å². The normalized spacial score (nSPS) is 12.6. The van der Waals surface area contributed by atoms with Crippen LogP contribution in [-0.2, 0) is 6.42 Å². The maximum atomic E-state index is 13.2. The van der Waals surface area contributed by atoms with Crippen molar-refractivity contribution in [1.29, 1.82) is 0 Å². The van der Waals surface area contributed by atoms with E-state index in [0.717, 1.165) is 23.7 Å². The van der Waals surface area contributed by atoms with Gasteiger partial charge in [0.05, 0.1) is 0 Å². The molecule has 17 heavy (non-hydrogen) atoms. The molecule has 0 N–H and O–H groups in total. The molecule has 0 saturated carbocycles. The minimum absolute atomic E-state index is 0.149. The first-order valence-electron chi connectivity index (χ1n) is 5.62. The number of halogens is 2. The molecule has 0 nitrogen and oxygen atoms in total. The zero-order valence-corrected chi connectivity index (χ0v) is 11.8. The molecule has 1 heterocycles. The van der Waals surface area contributed by atoms with Crippen LogP contribution in [0.15, 0.2) is 41.1 Å². The molecule has 90 valence electrons. The van der Waals surface area contributed by atoms with E-state index in [4.69, 9.17) is 0 Å². The van der Waals surface area contributed by atoms with Gasteiger partial charge in [0.1, 0.15) is 5.82 Å². The maximum absolute atomic E-state index is 13.2. The van der Waals surface area contributed by atoms with Gasteiger partial charge in [-0.05, 0) is 58.8 Å². The van der Waals surface area contributed by atoms with Crippen LogP contribution in [-0.4, -0.2) is 5.33 Å². The zero-order valence-electron chi connectivity index (χ0n) is 9.40. The van der Waals surface area contributed by atoms with Gasteiger partial charge < -0.3 is 0 Å². The summed E-state index contributed by atoms with van der Waals surface area (Å²) in [6, 6.07) is 9.07. The predicted octanol–water partition coefficient (Wildman–Crippen LogP) is 5.00. The number of aryl methyl sites for hydroxylation is 1. The lowest BCUT2D eigenvalue weighted by Crippen LogP contribution is -2.02. The van der Waals surface area contributed by atoms with Crippen molar-refractivity contribution < 1.29 is 4.39 Å². The maximum Gasteiger partial charge on any atom is 0.123 e. The van der Waals surface area contributed by atoms with E-state index >= 15 is 0 Å². The van der Waals surface area contributed by atoms with Crippen molar-refractivity contribution in [2.45, 2.75) is 18.8 Å². The fourth-order valence-electron chi connectivity index (χ4n) is 1.87. The molecule has 0 radical (unpaired) electrons. The third kappa shape index (κ3) is 3.65. The Labute approximate surface area is 114 Å². The Morgan fingerprint density at radius 1 is 1.29 bits per heavy atom. The van der Waals surface area contributed by atoms with Crippen molar-refractivity contribution in [2.75, 3.05) is 5.33 Å². The summed E-state index contributed by atoms with van der Waals surface area (Å²) < 4.78 is 13.2. The van der Waals surface area contributed by atoms with E-state index in [0.29, 0.717) is 5.92 Å². The SMILES string of the molecule is Fc1cccc(C(CBr)CCc2ccsc2)c1. The van der Waals surface area contributed by atoms with Gasteiger partial charge in [0.15, 0.2) is 0 Å². The van der Waals surface area contributed by atoms with E-state index < -0.39 is 0 Å². The summed E-state index contributed by atoms with van der Waals surface area (Å²) in [5.74, 6) is 0.231. The molecule has 1 aromatic heterocycles. The molecule has 2 aromatic rings. The highest BCUT2D eigenvalue weighted by molar-refractivity contribution is 9.09. The van der Waals surface area contributed by atoms with E-state index in [9.17, 15) is 4.39 Å². The Kier molecular flexibility index (Phi) is 4.75. The third-order valence-electron chi connectivity index (χ3n) is 2.87. The summed E-state index contributed by atoms with van der Waals surface area (Å²) in [6.07, 6.45) is 2.10. The Hall–Kier alpha value is -0.670. The summed E-state index contributed by atoms with van der Waals surface area (Å²) >= 11 is 5.25. The molecule has 0 spiro atoms. The van der Waals surface area contributed by atoms with Gasteiger partial charge in [0.2, 0.25) is 0 Å². The molecule has 0 aliphatic rings. The van der Waals surface area contributed by atoms with Crippen molar-refractivity contribution in [3.63, 3.8) is 0 Å². The predicted molar refractivity (Wildman–Crippen MR) is 75.6 cm³/mol. The van der Waals surface area contributed by atoms with Crippen molar-refractivity contribution in [3.05, 3.63) is 58.0 Å². The molecule has 1 atom stereocenters. The van der Waals surface area contributed by atoms with Crippen molar-refractivity contribution in [3.8, 4) is 0 Å². The minimum Gasteiger partial charge on any atom is -0.207 e. The average molecular weight is 313 g/mol. The highest BCUT2D eigenvalue weighted by Gasteiger charge is 2.11. The second-order valence-corrected chi connectivity index (χ2v) is 5.50. The highest BCUT2D eigenvalue weighted by atomic mass is 79.9. The number of alkyl halides is 1. The van der Waals surface area contributed by atoms with Crippen LogP contribution in [0.3, 0.4) is 0 Å². The van der Waals surface area contributed by atoms with Crippen LogP contribution in [0.1, 0.15) is 23.5 Å². The molecule has 0 aliphatic carbocycles. The van der Waals surface area contributed by atoms with Crippen LogP contribution >= 0.6 is 27.3 Å². The van der Waals surface area contributed by atoms with Gasteiger partial charge in [-0.25, -0.2) is 4.39 Å². The molecule has 3 heteroatoms. The van der Waals surface area contributed by atoms with Crippen LogP contribution in [0.4, 0.5) is 4.39 Å². The Morgan fingerprint density at radius 3 is 2.82 bits per heavy atom. The third-order valence-corrected chi connectivity index (χ3v) is 4.38. The summed E-state index contributed by atoms with van der Waals surface area (Å²) in [5.41, 5.74) is 2.45. The van der Waals surface area contributed by atoms with Crippen molar-refractivity contribution >= 4 is 27.3 Å². The lowest BCUT2D eigenvalue weighted by Gasteiger charge is -2.14. The molecule has 1 unspecified atom stereocenters. The van der Waals surface area contributed by atoms with Crippen molar-refractivity contribution in [2.24, 2.45) is 0 Å². The topological polar surface area (TPSA) is 0 Å². The number of rotatable bonds is 5. The van der Waals surface area contributed by atoms with Gasteiger partial charge in [0, 0.05) is 5.33 Å². The van der Waals surface area contributed by atoms with Crippen LogP contribution in [0.2, 0.25) is 0 Å². The first kappa shape index (κ1) is 12.8. The average Bonchev–Trinajstić information content (AvgIpc) is 2.83. The quantitative estimate of drug-likeness (QED) is 0.682. The smallest absolute Gasteiger partial charge is 0.123 e. The van der Waals surface area contributed by atoms with Crippen LogP contribution in [0, 0.1) is 5.82 Å². The number of hydrogen-bond acceptors (Lipinski definition) is 1. The first-order chi connectivity index (χ1) is 8.29. The molecule has 1 aromatic carbocycles. The lowest BCUT2D eigenvalue weighted by molar-refractivity contribution is 0.617. The molecule has 0 fully saturated rings. The van der Waals surface area contributed by atoms with Gasteiger partial charge in [-0.1, -0.05) is 28.1 Å². The molecule has 0 aliphatic heterocycles. The van der Waals surface area contributed by atoms with E-state index in [1.54, 1.807) is 23.5 Å². The molecular formula is C14H14BrFS. The standard InChI is InChI=1S/C14H14BrFS/c15-9-13(5-4-11-6-7-17-10-11)12-2-1-3-14(16)8-12/h1-3,6-8,10,13H,4-5,9H2. The number of benzene rings is 1. The lowest BCUT2D eigenvalue weighted by atomic mass is 9.95. The zero-order chi connectivity index (χ0) is 12.1. The fourth-order valence-corrected chi connectivity index (χ4v) is 3.27. The van der Waals surface area contributed by atoms with Crippen LogP contribution in [0.5, 0.6) is 0 Å². The van der Waals surface area contributed by atoms with E-state index in [1.807, 2.05) is 6.07 Å². The van der Waals surface area contributed by atoms with Crippen LogP contribution < -0.4 is 0 Å². The largest absolute Gasteiger partial charge is 0.207 e. The molecule has 0 bridgehead atoms. The van der Waals surface area contributed by atoms with E-state index in [2.05, 4.69) is 32.8 Å². The number of thiophene rings is 1. The van der Waals surface area contributed by atoms with Crippen LogP contribution in [0.25, 0.3) is 0 Å². The molecule has 2 rings (SSSR count). The summed E-state index contributed by atoms with van der Waals surface area (Å²) in [6.45, 7) is 0. The molecule has 0 saturated heterocycles. The van der Waals surface area contributed by atoms with E-state index in [-0.39, 0.29) is 5.82 Å². The van der Waals surface area contributed by atoms with Gasteiger partial charge >= 0.3 is 0 Å². The van der Waals surface area contributed by atoms with Gasteiger partial charge in [-0.2, -0.15) is 11.3 Å². The molecular weight excluding hydrogens is 299 g/mol. The van der Waals surface area contributed by atoms with Gasteiger partial charge in [-0.15, -0.1) is 0 Å². The second-order valence-electron chi connectivity index (χ2n) is 4.08. The second kappa shape index (κ2) is 6.31. The Morgan fingerprint density at radius 2 is 2.18 bits per heavy atom. The number of hydrogen-bond donors (Lipinski definition) is 0. The summed E-state index contributed by atoms with van der Waals surface area (Å²) in [4.78, 5) is 0. The van der Waals surface area contributed by atoms with Gasteiger partial charge in [-0.3, -0.25) is 0 Å². The first-order valence-corrected chi connectivity index (χ1v) is 7.68. The Bertz CT molecular complexity index is 453. The summed E-state index contributed by atoms with van der Waals surface area (Å²) in [5, 5.41) is 5.15. The fraction of sp³-hybridized carbons (Fsp3) is 0.286. The highest BCUT2D eigenvalue weighted by Crippen LogP contribution is 2.25. The monoisotopic (exact) mass is 312 g/mol. The van der Waals surface area contributed by atoms with Gasteiger partial charge in [0.25, 0.3) is 0 Å². The molecule has 0 amide bonds. The van der Waals surface area contributed by atoms with E-state index in [1.165, 1.54) is 11.6 Å².